The maximum atomic E-state index is 6.45. The third kappa shape index (κ3) is 6.49. The molecule has 0 aromatic rings. The minimum absolute atomic E-state index is 0.900. The quantitative estimate of drug-likeness (QED) is 0.640. The Morgan fingerprint density at radius 2 is 0.714 bits per heavy atom. The molecule has 0 bridgehead atoms. The van der Waals surface area contributed by atoms with Gasteiger partial charge in [0.2, 0.25) is 0 Å². The normalized spacial score (nSPS) is 30.6. The van der Waals surface area contributed by atoms with Crippen molar-refractivity contribution in [3.05, 3.63) is 0 Å². The molecule has 0 atom stereocenters. The van der Waals surface area contributed by atoms with Crippen LogP contribution in [0.4, 0.5) is 0 Å². The minimum atomic E-state index is -2.28. The van der Waals surface area contributed by atoms with Gasteiger partial charge in [-0.05, 0) is 65.0 Å². The molecule has 1 saturated heterocycles. The van der Waals surface area contributed by atoms with Crippen molar-refractivity contribution in [2.45, 2.75) is 71.9 Å². The van der Waals surface area contributed by atoms with Crippen molar-refractivity contribution in [2.75, 3.05) is 0 Å². The number of rotatable bonds is 1. The van der Waals surface area contributed by atoms with Crippen molar-refractivity contribution in [1.82, 2.24) is 0 Å². The van der Waals surface area contributed by atoms with Gasteiger partial charge in [0.05, 0.1) is 0 Å². The molecule has 1 heterocycles. The highest BCUT2D eigenvalue weighted by molar-refractivity contribution is 6.93. The summed E-state index contributed by atoms with van der Waals surface area (Å²) in [6.07, 6.45) is 0. The van der Waals surface area contributed by atoms with Gasteiger partial charge in [0.15, 0.2) is 0 Å². The largest absolute Gasteiger partial charge is 0.416 e. The second kappa shape index (κ2) is 6.07. The van der Waals surface area contributed by atoms with E-state index in [0.717, 1.165) is 6.04 Å². The van der Waals surface area contributed by atoms with E-state index in [0.29, 0.717) is 0 Å². The van der Waals surface area contributed by atoms with Crippen LogP contribution in [0.2, 0.25) is 65.0 Å². The van der Waals surface area contributed by atoms with Gasteiger partial charge >= 0.3 is 42.8 Å². The molecular weight excluding hydrogens is 353 g/mol. The van der Waals surface area contributed by atoms with E-state index in [-0.39, 0.29) is 0 Å². The van der Waals surface area contributed by atoms with Crippen LogP contribution in [0.1, 0.15) is 6.92 Å². The lowest BCUT2D eigenvalue weighted by atomic mass is 11.0. The molecule has 0 unspecified atom stereocenters. The molecule has 1 aliphatic heterocycles. The molecule has 0 radical (unpaired) electrons. The first-order valence-corrected chi connectivity index (χ1v) is 21.4. The van der Waals surface area contributed by atoms with E-state index >= 15 is 0 Å². The first kappa shape index (κ1) is 19.9. The molecule has 5 nitrogen and oxygen atoms in total. The van der Waals surface area contributed by atoms with Crippen molar-refractivity contribution in [3.8, 4) is 0 Å². The Kier molecular flexibility index (Phi) is 5.76. The Hall–Kier alpha value is 0.884. The third-order valence-corrected chi connectivity index (χ3v) is 23.5. The summed E-state index contributed by atoms with van der Waals surface area (Å²) in [5, 5.41) is 0. The van der Waals surface area contributed by atoms with Crippen LogP contribution < -0.4 is 0 Å². The van der Waals surface area contributed by atoms with Crippen LogP contribution in [-0.4, -0.2) is 42.8 Å². The van der Waals surface area contributed by atoms with Gasteiger partial charge in [-0.1, -0.05) is 6.92 Å². The molecule has 0 aromatic carbocycles. The van der Waals surface area contributed by atoms with Crippen molar-refractivity contribution in [3.63, 3.8) is 0 Å². The Morgan fingerprint density at radius 1 is 0.476 bits per heavy atom. The highest BCUT2D eigenvalue weighted by Gasteiger charge is 2.51. The summed E-state index contributed by atoms with van der Waals surface area (Å²) < 4.78 is 32.0. The SMILES string of the molecule is CC[Si]1(C)O[Si](C)(C)O[Si](C)(C)O[Si](C)(C)O[Si](C)(C)O1. The van der Waals surface area contributed by atoms with Gasteiger partial charge in [-0.3, -0.25) is 0 Å². The summed E-state index contributed by atoms with van der Waals surface area (Å²) >= 11 is 0. The molecule has 1 rings (SSSR count). The van der Waals surface area contributed by atoms with E-state index in [2.05, 4.69) is 65.8 Å². The zero-order valence-electron chi connectivity index (χ0n) is 15.2. The lowest BCUT2D eigenvalue weighted by molar-refractivity contribution is 0.236. The summed E-state index contributed by atoms with van der Waals surface area (Å²) in [4.78, 5) is 0. The van der Waals surface area contributed by atoms with Gasteiger partial charge in [0, 0.05) is 0 Å². The predicted octanol–water partition coefficient (Wildman–Crippen LogP) is 3.98. The fourth-order valence-corrected chi connectivity index (χ4v) is 29.5. The fourth-order valence-electron chi connectivity index (χ4n) is 3.06. The van der Waals surface area contributed by atoms with E-state index in [1.807, 2.05) is 0 Å². The topological polar surface area (TPSA) is 46.2 Å². The molecule has 0 saturated carbocycles. The molecule has 0 amide bonds. The Morgan fingerprint density at radius 3 is 0.952 bits per heavy atom. The van der Waals surface area contributed by atoms with Gasteiger partial charge in [-0.15, -0.1) is 0 Å². The van der Waals surface area contributed by atoms with Gasteiger partial charge < -0.3 is 20.6 Å². The second-order valence-corrected chi connectivity index (χ2v) is 25.9. The Bertz CT molecular complexity index is 355. The molecule has 1 fully saturated rings. The lowest BCUT2D eigenvalue weighted by Gasteiger charge is -2.47. The van der Waals surface area contributed by atoms with Crippen LogP contribution in [0.3, 0.4) is 0 Å². The first-order chi connectivity index (χ1) is 9.10. The second-order valence-electron chi connectivity index (χ2n) is 7.60. The molecule has 126 valence electrons. The molecule has 10 heteroatoms. The van der Waals surface area contributed by atoms with E-state index in [1.165, 1.54) is 0 Å². The maximum Gasteiger partial charge on any atom is 0.317 e. The first-order valence-electron chi connectivity index (χ1n) is 7.60. The van der Waals surface area contributed by atoms with Gasteiger partial charge in [0.25, 0.3) is 0 Å². The number of hydrogen-bond acceptors (Lipinski definition) is 5. The Balaban J connectivity index is 3.20. The fraction of sp³-hybridized carbons (Fsp3) is 1.00. The molecular formula is C11H32O5Si5. The van der Waals surface area contributed by atoms with Crippen LogP contribution in [0.5, 0.6) is 0 Å². The van der Waals surface area contributed by atoms with Crippen LogP contribution in [0, 0.1) is 0 Å². The van der Waals surface area contributed by atoms with Crippen LogP contribution in [-0.2, 0) is 20.6 Å². The summed E-state index contributed by atoms with van der Waals surface area (Å²) in [5.74, 6) is 0. The smallest absolute Gasteiger partial charge is 0.317 e. The highest BCUT2D eigenvalue weighted by Crippen LogP contribution is 2.31. The minimum Gasteiger partial charge on any atom is -0.416 e. The molecule has 0 spiro atoms. The summed E-state index contributed by atoms with van der Waals surface area (Å²) in [5.41, 5.74) is 0. The number of hydrogen-bond donors (Lipinski definition) is 0. The summed E-state index contributed by atoms with van der Waals surface area (Å²) in [6, 6.07) is 0.900. The zero-order chi connectivity index (χ0) is 16.7. The van der Waals surface area contributed by atoms with Crippen molar-refractivity contribution in [1.29, 1.82) is 0 Å². The van der Waals surface area contributed by atoms with E-state index in [1.54, 1.807) is 0 Å². The van der Waals surface area contributed by atoms with Crippen LogP contribution in [0.15, 0.2) is 0 Å². The van der Waals surface area contributed by atoms with Crippen molar-refractivity contribution < 1.29 is 20.6 Å². The summed E-state index contributed by atoms with van der Waals surface area (Å²) in [6.45, 7) is 21.0. The third-order valence-electron chi connectivity index (χ3n) is 3.04. The Labute approximate surface area is 135 Å². The average molecular weight is 385 g/mol. The molecule has 0 N–H and O–H groups in total. The molecule has 0 aromatic heterocycles. The van der Waals surface area contributed by atoms with E-state index < -0.39 is 42.8 Å². The molecule has 0 aliphatic carbocycles. The maximum absolute atomic E-state index is 6.45. The van der Waals surface area contributed by atoms with Gasteiger partial charge in [0.1, 0.15) is 0 Å². The van der Waals surface area contributed by atoms with Crippen LogP contribution >= 0.6 is 0 Å². The predicted molar refractivity (Wildman–Crippen MR) is 97.5 cm³/mol. The highest BCUT2D eigenvalue weighted by atomic mass is 28.5. The van der Waals surface area contributed by atoms with Gasteiger partial charge in [-0.2, -0.15) is 0 Å². The monoisotopic (exact) mass is 384 g/mol. The summed E-state index contributed by atoms with van der Waals surface area (Å²) in [7, 11) is -11.4. The van der Waals surface area contributed by atoms with Crippen molar-refractivity contribution >= 4 is 42.8 Å². The average Bonchev–Trinajstić information content (AvgIpc) is 2.06. The molecule has 21 heavy (non-hydrogen) atoms. The van der Waals surface area contributed by atoms with Crippen molar-refractivity contribution in [2.24, 2.45) is 0 Å². The van der Waals surface area contributed by atoms with Gasteiger partial charge in [-0.25, -0.2) is 0 Å². The van der Waals surface area contributed by atoms with E-state index in [4.69, 9.17) is 20.6 Å². The van der Waals surface area contributed by atoms with E-state index in [9.17, 15) is 0 Å². The van der Waals surface area contributed by atoms with Crippen LogP contribution in [0.25, 0.3) is 0 Å². The standard InChI is InChI=1S/C11H32O5Si5/c1-11-21(10)15-19(6,7)13-17(2,3)12-18(4,5)14-20(8,9)16-21/h11H2,1-10H3. The lowest BCUT2D eigenvalue weighted by Crippen LogP contribution is -2.64. The zero-order valence-corrected chi connectivity index (χ0v) is 20.2. The molecule has 1 aliphatic rings.